The maximum atomic E-state index is 12.9. The zero-order valence-corrected chi connectivity index (χ0v) is 12.7. The highest BCUT2D eigenvalue weighted by atomic mass is 19.1. The predicted octanol–water partition coefficient (Wildman–Crippen LogP) is 1.51. The first-order valence-electron chi connectivity index (χ1n) is 7.65. The molecule has 0 amide bonds. The van der Waals surface area contributed by atoms with Crippen LogP contribution in [0.2, 0.25) is 0 Å². The number of aliphatic hydroxyl groups is 1. The number of hydrogen-bond acceptors (Lipinski definition) is 4. The summed E-state index contributed by atoms with van der Waals surface area (Å²) >= 11 is 0. The molecule has 1 aromatic carbocycles. The van der Waals surface area contributed by atoms with Gasteiger partial charge in [-0.15, -0.1) is 0 Å². The summed E-state index contributed by atoms with van der Waals surface area (Å²) in [7, 11) is 0. The maximum Gasteiger partial charge on any atom is 0.123 e. The fourth-order valence-electron chi connectivity index (χ4n) is 2.57. The number of rotatable bonds is 7. The number of hydrogen-bond donors (Lipinski definition) is 1. The van der Waals surface area contributed by atoms with Crippen LogP contribution in [0.5, 0.6) is 0 Å². The van der Waals surface area contributed by atoms with Gasteiger partial charge >= 0.3 is 0 Å². The third-order valence-corrected chi connectivity index (χ3v) is 3.91. The van der Waals surface area contributed by atoms with E-state index < -0.39 is 6.10 Å². The summed E-state index contributed by atoms with van der Waals surface area (Å²) in [6.45, 7) is 9.04. The summed E-state index contributed by atoms with van der Waals surface area (Å²) in [6, 6.07) is 6.09. The number of nitrogens with zero attached hydrogens (tertiary/aromatic N) is 2. The molecule has 1 fully saturated rings. The average molecular weight is 296 g/mol. The molecule has 1 unspecified atom stereocenters. The number of piperazine rings is 1. The van der Waals surface area contributed by atoms with Crippen molar-refractivity contribution in [1.29, 1.82) is 0 Å². The zero-order chi connectivity index (χ0) is 15.1. The Labute approximate surface area is 126 Å². The van der Waals surface area contributed by atoms with E-state index in [1.807, 2.05) is 6.92 Å². The second-order valence-corrected chi connectivity index (χ2v) is 5.41. The maximum absolute atomic E-state index is 12.9. The van der Waals surface area contributed by atoms with Gasteiger partial charge in [0, 0.05) is 45.9 Å². The molecule has 0 radical (unpaired) electrons. The molecule has 1 atom stereocenters. The summed E-state index contributed by atoms with van der Waals surface area (Å²) in [6.07, 6.45) is -0.555. The van der Waals surface area contributed by atoms with Gasteiger partial charge < -0.3 is 9.84 Å². The summed E-state index contributed by atoms with van der Waals surface area (Å²) in [5, 5.41) is 10.2. The van der Waals surface area contributed by atoms with Gasteiger partial charge in [0.25, 0.3) is 0 Å². The second-order valence-electron chi connectivity index (χ2n) is 5.41. The highest BCUT2D eigenvalue weighted by molar-refractivity contribution is 5.18. The molecule has 1 aromatic rings. The minimum atomic E-state index is -0.555. The number of halogens is 1. The fourth-order valence-corrected chi connectivity index (χ4v) is 2.57. The monoisotopic (exact) mass is 296 g/mol. The van der Waals surface area contributed by atoms with Crippen molar-refractivity contribution in [2.45, 2.75) is 13.0 Å². The molecule has 0 bridgehead atoms. The second kappa shape index (κ2) is 8.44. The Bertz CT molecular complexity index is 405. The molecule has 1 N–H and O–H groups in total. The van der Waals surface area contributed by atoms with Gasteiger partial charge in [0.2, 0.25) is 0 Å². The summed E-state index contributed by atoms with van der Waals surface area (Å²) in [5.41, 5.74) is 0.773. The first-order chi connectivity index (χ1) is 10.2. The Morgan fingerprint density at radius 1 is 1.14 bits per heavy atom. The molecule has 118 valence electrons. The van der Waals surface area contributed by atoms with Crippen LogP contribution in [0.3, 0.4) is 0 Å². The van der Waals surface area contributed by atoms with Gasteiger partial charge in [0.15, 0.2) is 0 Å². The SMILES string of the molecule is CCOCCN1CCN(CC(O)c2ccc(F)cc2)CC1. The Balaban J connectivity index is 1.71. The standard InChI is InChI=1S/C16H25FN2O2/c1-2-21-12-11-18-7-9-19(10-8-18)13-16(20)14-3-5-15(17)6-4-14/h3-6,16,20H,2,7-13H2,1H3. The van der Waals surface area contributed by atoms with Crippen molar-refractivity contribution >= 4 is 0 Å². The third-order valence-electron chi connectivity index (χ3n) is 3.91. The first kappa shape index (κ1) is 16.4. The lowest BCUT2D eigenvalue weighted by Crippen LogP contribution is -2.48. The van der Waals surface area contributed by atoms with Gasteiger partial charge in [-0.1, -0.05) is 12.1 Å². The van der Waals surface area contributed by atoms with E-state index in [-0.39, 0.29) is 5.82 Å². The van der Waals surface area contributed by atoms with Gasteiger partial charge in [-0.2, -0.15) is 0 Å². The van der Waals surface area contributed by atoms with Crippen molar-refractivity contribution in [3.8, 4) is 0 Å². The lowest BCUT2D eigenvalue weighted by atomic mass is 10.1. The van der Waals surface area contributed by atoms with E-state index in [1.165, 1.54) is 12.1 Å². The molecule has 0 aliphatic carbocycles. The molecule has 2 rings (SSSR count). The van der Waals surface area contributed by atoms with Crippen LogP contribution in [0, 0.1) is 5.82 Å². The van der Waals surface area contributed by atoms with Gasteiger partial charge in [-0.25, -0.2) is 4.39 Å². The van der Waals surface area contributed by atoms with E-state index in [2.05, 4.69) is 9.80 Å². The van der Waals surface area contributed by atoms with Crippen LogP contribution >= 0.6 is 0 Å². The quantitative estimate of drug-likeness (QED) is 0.774. The molecule has 5 heteroatoms. The molecular weight excluding hydrogens is 271 g/mol. The van der Waals surface area contributed by atoms with E-state index in [9.17, 15) is 9.50 Å². The number of aliphatic hydroxyl groups excluding tert-OH is 1. The van der Waals surface area contributed by atoms with Crippen LogP contribution in [0.1, 0.15) is 18.6 Å². The van der Waals surface area contributed by atoms with E-state index in [0.29, 0.717) is 6.54 Å². The molecule has 0 aromatic heterocycles. The lowest BCUT2D eigenvalue weighted by molar-refractivity contribution is 0.0550. The number of β-amino-alcohol motifs (C(OH)–C–C–N with tert-alkyl or cyclic N) is 1. The van der Waals surface area contributed by atoms with Crippen LogP contribution in [0.15, 0.2) is 24.3 Å². The lowest BCUT2D eigenvalue weighted by Gasteiger charge is -2.35. The van der Waals surface area contributed by atoms with Crippen molar-refractivity contribution in [3.63, 3.8) is 0 Å². The average Bonchev–Trinajstić information content (AvgIpc) is 2.50. The smallest absolute Gasteiger partial charge is 0.123 e. The first-order valence-corrected chi connectivity index (χ1v) is 7.65. The largest absolute Gasteiger partial charge is 0.387 e. The molecular formula is C16H25FN2O2. The number of benzene rings is 1. The number of ether oxygens (including phenoxy) is 1. The zero-order valence-electron chi connectivity index (χ0n) is 12.7. The molecule has 1 aliphatic heterocycles. The Hall–Kier alpha value is -1.01. The molecule has 1 heterocycles. The van der Waals surface area contributed by atoms with Crippen LogP contribution in [-0.4, -0.2) is 67.4 Å². The third kappa shape index (κ3) is 5.36. The van der Waals surface area contributed by atoms with Gasteiger partial charge in [-0.3, -0.25) is 9.80 Å². The van der Waals surface area contributed by atoms with E-state index in [0.717, 1.165) is 51.5 Å². The van der Waals surface area contributed by atoms with Crippen molar-refractivity contribution in [3.05, 3.63) is 35.6 Å². The van der Waals surface area contributed by atoms with Crippen molar-refractivity contribution in [2.75, 3.05) is 52.5 Å². The normalized spacial score (nSPS) is 18.8. The van der Waals surface area contributed by atoms with Gasteiger partial charge in [0.05, 0.1) is 12.7 Å². The van der Waals surface area contributed by atoms with Crippen molar-refractivity contribution < 1.29 is 14.2 Å². The predicted molar refractivity (Wildman–Crippen MR) is 80.7 cm³/mol. The highest BCUT2D eigenvalue weighted by Gasteiger charge is 2.19. The molecule has 0 spiro atoms. The minimum absolute atomic E-state index is 0.270. The van der Waals surface area contributed by atoms with Crippen LogP contribution < -0.4 is 0 Å². The minimum Gasteiger partial charge on any atom is -0.387 e. The summed E-state index contributed by atoms with van der Waals surface area (Å²) in [4.78, 5) is 4.64. The van der Waals surface area contributed by atoms with Gasteiger partial charge in [0.1, 0.15) is 5.82 Å². The molecule has 0 saturated carbocycles. The van der Waals surface area contributed by atoms with Crippen LogP contribution in [-0.2, 0) is 4.74 Å². The Morgan fingerprint density at radius 2 is 1.76 bits per heavy atom. The summed E-state index contributed by atoms with van der Waals surface area (Å²) < 4.78 is 18.2. The Morgan fingerprint density at radius 3 is 2.38 bits per heavy atom. The fraction of sp³-hybridized carbons (Fsp3) is 0.625. The topological polar surface area (TPSA) is 35.9 Å². The van der Waals surface area contributed by atoms with E-state index in [1.54, 1.807) is 12.1 Å². The molecule has 1 aliphatic rings. The van der Waals surface area contributed by atoms with E-state index in [4.69, 9.17) is 4.74 Å². The van der Waals surface area contributed by atoms with Crippen LogP contribution in [0.25, 0.3) is 0 Å². The Kier molecular flexibility index (Phi) is 6.57. The van der Waals surface area contributed by atoms with E-state index >= 15 is 0 Å². The molecule has 4 nitrogen and oxygen atoms in total. The van der Waals surface area contributed by atoms with Crippen molar-refractivity contribution in [1.82, 2.24) is 9.80 Å². The van der Waals surface area contributed by atoms with Gasteiger partial charge in [-0.05, 0) is 24.6 Å². The molecule has 21 heavy (non-hydrogen) atoms. The molecule has 1 saturated heterocycles. The van der Waals surface area contributed by atoms with Crippen molar-refractivity contribution in [2.24, 2.45) is 0 Å². The highest BCUT2D eigenvalue weighted by Crippen LogP contribution is 2.15. The van der Waals surface area contributed by atoms with Crippen LogP contribution in [0.4, 0.5) is 4.39 Å². The summed E-state index contributed by atoms with van der Waals surface area (Å²) in [5.74, 6) is -0.270.